The minimum Gasteiger partial charge on any atom is -0.355 e. The van der Waals surface area contributed by atoms with Crippen LogP contribution in [0.2, 0.25) is 0 Å². The van der Waals surface area contributed by atoms with Crippen molar-refractivity contribution in [3.8, 4) is 39.1 Å². The molecule has 61 heavy (non-hydrogen) atoms. The van der Waals surface area contributed by atoms with E-state index in [0.29, 0.717) is 0 Å². The summed E-state index contributed by atoms with van der Waals surface area (Å²) in [7, 11) is 0.868. The van der Waals surface area contributed by atoms with Crippen LogP contribution < -0.4 is 16.2 Å². The van der Waals surface area contributed by atoms with Gasteiger partial charge in [0.05, 0.1) is 5.52 Å². The number of hydrogen-bond acceptors (Lipinski definition) is 1. The Kier molecular flexibility index (Phi) is 8.73. The van der Waals surface area contributed by atoms with Gasteiger partial charge in [-0.25, -0.2) is 0 Å². The third-order valence-corrected chi connectivity index (χ3v) is 14.0. The van der Waals surface area contributed by atoms with Crippen LogP contribution in [0.15, 0.2) is 152 Å². The summed E-state index contributed by atoms with van der Waals surface area (Å²) in [4.78, 5) is 0. The van der Waals surface area contributed by atoms with Crippen molar-refractivity contribution in [1.82, 2.24) is 4.57 Å². The lowest BCUT2D eigenvalue weighted by molar-refractivity contribution is 0.590. The van der Waals surface area contributed by atoms with Gasteiger partial charge in [0, 0.05) is 49.7 Å². The Morgan fingerprint density at radius 2 is 1.38 bits per heavy atom. The number of rotatable bonds is 8. The molecule has 0 saturated carbocycles. The normalized spacial score (nSPS) is 13.6. The highest BCUT2D eigenvalue weighted by Crippen LogP contribution is 2.52. The van der Waals surface area contributed by atoms with Crippen molar-refractivity contribution in [2.45, 2.75) is 78.1 Å². The van der Waals surface area contributed by atoms with Crippen LogP contribution in [0.4, 0.5) is 11.4 Å². The van der Waals surface area contributed by atoms with E-state index < -0.39 is 0 Å². The van der Waals surface area contributed by atoms with Crippen LogP contribution in [0.1, 0.15) is 83.1 Å². The van der Waals surface area contributed by atoms with E-state index in [1.54, 1.807) is 0 Å². The third kappa shape index (κ3) is 5.99. The molecule has 3 heteroatoms. The van der Waals surface area contributed by atoms with Gasteiger partial charge in [0.25, 0.3) is 0 Å². The van der Waals surface area contributed by atoms with Gasteiger partial charge in [-0.15, -0.1) is 0 Å². The molecule has 2 heterocycles. The number of aromatic nitrogens is 1. The molecule has 0 saturated heterocycles. The summed E-state index contributed by atoms with van der Waals surface area (Å²) in [5.74, 6) is 0. The van der Waals surface area contributed by atoms with Gasteiger partial charge in [-0.3, -0.25) is 0 Å². The predicted octanol–water partition coefficient (Wildman–Crippen LogP) is 14.1. The molecule has 0 amide bonds. The minimum atomic E-state index is -0.148. The third-order valence-electron chi connectivity index (χ3n) is 14.0. The van der Waals surface area contributed by atoms with Crippen LogP contribution in [-0.4, -0.2) is 11.8 Å². The Morgan fingerprint density at radius 3 is 2.18 bits per heavy atom. The summed E-state index contributed by atoms with van der Waals surface area (Å²) in [6.45, 7) is 14.0. The fourth-order valence-electron chi connectivity index (χ4n) is 10.8. The zero-order valence-corrected chi connectivity index (χ0v) is 36.4. The largest absolute Gasteiger partial charge is 0.355 e. The molecule has 2 nitrogen and oxygen atoms in total. The fraction of sp³-hybridized carbons (Fsp3) is 0.207. The van der Waals surface area contributed by atoms with Crippen molar-refractivity contribution in [1.29, 1.82) is 0 Å². The number of nitrogens with zero attached hydrogens (tertiary/aromatic N) is 1. The molecule has 298 valence electrons. The van der Waals surface area contributed by atoms with Crippen LogP contribution in [0.5, 0.6) is 0 Å². The molecule has 0 radical (unpaired) electrons. The maximum atomic E-state index is 4.03. The maximum absolute atomic E-state index is 4.03. The second kappa shape index (κ2) is 14.1. The highest BCUT2D eigenvalue weighted by atomic mass is 15.0. The Labute approximate surface area is 361 Å². The molecule has 1 aromatic heterocycles. The summed E-state index contributed by atoms with van der Waals surface area (Å²) < 4.78 is 2.65. The maximum Gasteiger partial charge on any atom is 0.198 e. The van der Waals surface area contributed by atoms with Crippen molar-refractivity contribution >= 4 is 62.2 Å². The molecule has 8 aromatic carbocycles. The molecule has 2 aliphatic rings. The van der Waals surface area contributed by atoms with Gasteiger partial charge < -0.3 is 9.88 Å². The van der Waals surface area contributed by atoms with Crippen molar-refractivity contribution in [3.63, 3.8) is 0 Å². The van der Waals surface area contributed by atoms with Crippen LogP contribution >= 0.6 is 0 Å². The summed E-state index contributed by atoms with van der Waals surface area (Å²) in [5.41, 5.74) is 22.1. The molecular weight excluding hydrogens is 735 g/mol. The van der Waals surface area contributed by atoms with Crippen LogP contribution in [-0.2, 0) is 17.3 Å². The quantitative estimate of drug-likeness (QED) is 0.120. The molecule has 11 rings (SSSR count). The van der Waals surface area contributed by atoms with Gasteiger partial charge in [-0.05, 0) is 116 Å². The number of nitrogens with one attached hydrogen (secondary N) is 1. The number of anilines is 2. The van der Waals surface area contributed by atoms with Crippen LogP contribution in [0.25, 0.3) is 71.6 Å². The summed E-state index contributed by atoms with van der Waals surface area (Å²) in [6, 6.07) is 57.8. The first-order valence-corrected chi connectivity index (χ1v) is 22.5. The topological polar surface area (TPSA) is 17.0 Å². The molecule has 0 unspecified atom stereocenters. The molecule has 1 aliphatic heterocycles. The van der Waals surface area contributed by atoms with E-state index in [-0.39, 0.29) is 10.8 Å². The molecule has 1 aliphatic carbocycles. The average molecular weight is 789 g/mol. The van der Waals surface area contributed by atoms with E-state index in [4.69, 9.17) is 0 Å². The minimum absolute atomic E-state index is 0.0778. The zero-order chi connectivity index (χ0) is 41.6. The van der Waals surface area contributed by atoms with E-state index in [1.165, 1.54) is 124 Å². The lowest BCUT2D eigenvalue weighted by atomic mass is 9.58. The molecular formula is C58H53BN2. The smallest absolute Gasteiger partial charge is 0.198 e. The SMILES string of the molecule is CCCCCc1ccc2c(c1)Bc1c(-c3cc4c(cc3Nc3ccc(C(C)(C)C)cc3)-c3ccccc3C4(C)C)cc(-c3ccccc3)c3c4ccc5ccccc5c4n-2c13. The average Bonchev–Trinajstić information content (AvgIpc) is 3.73. The first kappa shape index (κ1) is 37.7. The summed E-state index contributed by atoms with van der Waals surface area (Å²) >= 11 is 0. The molecule has 0 spiro atoms. The lowest BCUT2D eigenvalue weighted by Crippen LogP contribution is -2.37. The van der Waals surface area contributed by atoms with Gasteiger partial charge in [0.1, 0.15) is 0 Å². The van der Waals surface area contributed by atoms with Gasteiger partial charge in [-0.2, -0.15) is 0 Å². The molecule has 1 N–H and O–H groups in total. The number of hydrogen-bond donors (Lipinski definition) is 1. The highest BCUT2D eigenvalue weighted by Gasteiger charge is 2.37. The van der Waals surface area contributed by atoms with E-state index in [1.807, 2.05) is 0 Å². The first-order chi connectivity index (χ1) is 29.6. The predicted molar refractivity (Wildman–Crippen MR) is 265 cm³/mol. The van der Waals surface area contributed by atoms with Gasteiger partial charge in [0.15, 0.2) is 7.28 Å². The van der Waals surface area contributed by atoms with Crippen molar-refractivity contribution < 1.29 is 0 Å². The van der Waals surface area contributed by atoms with Gasteiger partial charge in [-0.1, -0.05) is 175 Å². The zero-order valence-electron chi connectivity index (χ0n) is 36.4. The number of unbranched alkanes of at least 4 members (excludes halogenated alkanes) is 2. The number of fused-ring (bicyclic) bond motifs is 10. The van der Waals surface area contributed by atoms with E-state index in [2.05, 4.69) is 203 Å². The van der Waals surface area contributed by atoms with Crippen molar-refractivity contribution in [2.24, 2.45) is 0 Å². The Morgan fingerprint density at radius 1 is 0.607 bits per heavy atom. The Hall–Kier alpha value is -6.32. The highest BCUT2D eigenvalue weighted by molar-refractivity contribution is 6.73. The molecule has 0 fully saturated rings. The lowest BCUT2D eigenvalue weighted by Gasteiger charge is -2.27. The number of benzene rings is 8. The van der Waals surface area contributed by atoms with E-state index in [0.717, 1.165) is 25.1 Å². The molecule has 0 bridgehead atoms. The number of aryl methyl sites for hydroxylation is 1. The summed E-state index contributed by atoms with van der Waals surface area (Å²) in [5, 5.41) is 9.24. The van der Waals surface area contributed by atoms with E-state index >= 15 is 0 Å². The first-order valence-electron chi connectivity index (χ1n) is 22.5. The van der Waals surface area contributed by atoms with E-state index in [9.17, 15) is 0 Å². The monoisotopic (exact) mass is 788 g/mol. The standard InChI is InChI=1S/C58H53BN2/c1-7-8-10-17-36-24-31-52-50(32-36)59-54-47(33-44(37-18-11-9-12-19-37)53-43-30-25-38-20-13-14-21-41(38)55(43)61(52)56(53)54)46-34-49-45(42-22-15-16-23-48(42)58(49,5)6)35-51(46)60-40-28-26-39(27-29-40)57(2,3)4/h9,11-16,18-35,59-60H,7-8,10,17H2,1-6H3. The van der Waals surface area contributed by atoms with Crippen LogP contribution in [0.3, 0.4) is 0 Å². The second-order valence-corrected chi connectivity index (χ2v) is 19.2. The molecule has 9 aromatic rings. The van der Waals surface area contributed by atoms with Gasteiger partial charge in [0.2, 0.25) is 0 Å². The molecule has 0 atom stereocenters. The fourth-order valence-corrected chi connectivity index (χ4v) is 10.8. The van der Waals surface area contributed by atoms with Crippen LogP contribution in [0, 0.1) is 0 Å². The van der Waals surface area contributed by atoms with Crippen molar-refractivity contribution in [3.05, 3.63) is 174 Å². The second-order valence-electron chi connectivity index (χ2n) is 19.2. The summed E-state index contributed by atoms with van der Waals surface area (Å²) in [6.07, 6.45) is 4.82. The Balaban J connectivity index is 1.25. The Bertz CT molecular complexity index is 3200. The van der Waals surface area contributed by atoms with Crippen molar-refractivity contribution in [2.75, 3.05) is 5.32 Å². The van der Waals surface area contributed by atoms with Gasteiger partial charge >= 0.3 is 0 Å².